The summed E-state index contributed by atoms with van der Waals surface area (Å²) in [6.45, 7) is 1.83. The minimum absolute atomic E-state index is 0.107. The van der Waals surface area contributed by atoms with E-state index in [1.54, 1.807) is 19.1 Å². The van der Waals surface area contributed by atoms with Crippen molar-refractivity contribution in [3.05, 3.63) is 63.1 Å². The lowest BCUT2D eigenvalue weighted by atomic mass is 10.1. The first-order chi connectivity index (χ1) is 11.0. The van der Waals surface area contributed by atoms with Gasteiger partial charge in [-0.15, -0.1) is 0 Å². The van der Waals surface area contributed by atoms with E-state index >= 15 is 0 Å². The third kappa shape index (κ3) is 4.86. The molecule has 0 aliphatic heterocycles. The molecule has 1 amide bonds. The maximum absolute atomic E-state index is 11.8. The van der Waals surface area contributed by atoms with Crippen LogP contribution in [-0.2, 0) is 4.79 Å². The highest BCUT2D eigenvalue weighted by Gasteiger charge is 2.11. The van der Waals surface area contributed by atoms with Gasteiger partial charge in [-0.25, -0.2) is 5.43 Å². The Morgan fingerprint density at radius 1 is 1.04 bits per heavy atom. The Kier molecular flexibility index (Phi) is 6.28. The molecule has 23 heavy (non-hydrogen) atoms. The van der Waals surface area contributed by atoms with Crippen molar-refractivity contribution in [2.24, 2.45) is 5.10 Å². The van der Waals surface area contributed by atoms with E-state index in [2.05, 4.69) is 15.8 Å². The first-order valence-electron chi connectivity index (χ1n) is 6.75. The zero-order valence-corrected chi connectivity index (χ0v) is 14.5. The summed E-state index contributed by atoms with van der Waals surface area (Å²) in [6.07, 6.45) is 0. The molecule has 2 rings (SSSR count). The van der Waals surface area contributed by atoms with E-state index in [4.69, 9.17) is 34.8 Å². The predicted octanol–water partition coefficient (Wildman–Crippen LogP) is 4.60. The maximum Gasteiger partial charge on any atom is 0.259 e. The number of hydrogen-bond donors (Lipinski definition) is 2. The molecule has 2 aromatic carbocycles. The molecular weight excluding hydrogens is 357 g/mol. The van der Waals surface area contributed by atoms with E-state index in [1.807, 2.05) is 30.3 Å². The summed E-state index contributed by atoms with van der Waals surface area (Å²) in [7, 11) is 0. The van der Waals surface area contributed by atoms with Gasteiger partial charge in [-0.05, 0) is 25.1 Å². The molecule has 0 saturated carbocycles. The Hall–Kier alpha value is -1.75. The second kappa shape index (κ2) is 8.20. The van der Waals surface area contributed by atoms with E-state index < -0.39 is 0 Å². The number of hydrogen-bond acceptors (Lipinski definition) is 3. The molecule has 0 aromatic heterocycles. The van der Waals surface area contributed by atoms with Crippen LogP contribution in [0.15, 0.2) is 47.6 Å². The summed E-state index contributed by atoms with van der Waals surface area (Å²) in [6, 6.07) is 12.7. The highest BCUT2D eigenvalue weighted by molar-refractivity contribution is 6.49. The van der Waals surface area contributed by atoms with E-state index in [9.17, 15) is 4.79 Å². The number of carbonyl (C=O) groups is 1. The number of hydrazone groups is 1. The van der Waals surface area contributed by atoms with Crippen LogP contribution in [0.5, 0.6) is 0 Å². The van der Waals surface area contributed by atoms with Gasteiger partial charge in [0.25, 0.3) is 5.91 Å². The van der Waals surface area contributed by atoms with E-state index in [-0.39, 0.29) is 17.5 Å². The number of anilines is 1. The molecule has 0 heterocycles. The Balaban J connectivity index is 1.97. The molecule has 0 unspecified atom stereocenters. The molecule has 0 fully saturated rings. The van der Waals surface area contributed by atoms with Crippen LogP contribution in [0.4, 0.5) is 5.69 Å². The van der Waals surface area contributed by atoms with Gasteiger partial charge in [0.15, 0.2) is 0 Å². The summed E-state index contributed by atoms with van der Waals surface area (Å²) in [4.78, 5) is 11.8. The molecular formula is C16H14Cl3N3O. The molecule has 2 N–H and O–H groups in total. The second-order valence-electron chi connectivity index (χ2n) is 4.67. The highest BCUT2D eigenvalue weighted by Crippen LogP contribution is 2.32. The molecule has 0 spiro atoms. The normalized spacial score (nSPS) is 11.2. The molecule has 0 aliphatic rings. The Morgan fingerprint density at radius 2 is 1.74 bits per heavy atom. The number of amides is 1. The second-order valence-corrected chi connectivity index (χ2v) is 5.84. The number of nitrogens with one attached hydrogen (secondary N) is 2. The van der Waals surface area contributed by atoms with Gasteiger partial charge >= 0.3 is 0 Å². The maximum atomic E-state index is 11.8. The van der Waals surface area contributed by atoms with Crippen LogP contribution in [0.3, 0.4) is 0 Å². The molecule has 120 valence electrons. The largest absolute Gasteiger partial charge is 0.376 e. The summed E-state index contributed by atoms with van der Waals surface area (Å²) in [5, 5.41) is 7.95. The number of benzene rings is 2. The minimum Gasteiger partial charge on any atom is -0.376 e. The van der Waals surface area contributed by atoms with E-state index in [1.165, 1.54) is 0 Å². The van der Waals surface area contributed by atoms with Crippen molar-refractivity contribution in [3.8, 4) is 0 Å². The quantitative estimate of drug-likeness (QED) is 0.459. The van der Waals surface area contributed by atoms with Gasteiger partial charge in [0.1, 0.15) is 0 Å². The smallest absolute Gasteiger partial charge is 0.259 e. The zero-order chi connectivity index (χ0) is 16.8. The third-order valence-electron chi connectivity index (χ3n) is 3.00. The molecule has 0 saturated heterocycles. The monoisotopic (exact) mass is 369 g/mol. The van der Waals surface area contributed by atoms with Crippen molar-refractivity contribution < 1.29 is 4.79 Å². The van der Waals surface area contributed by atoms with Gasteiger partial charge in [-0.3, -0.25) is 4.79 Å². The summed E-state index contributed by atoms with van der Waals surface area (Å²) in [5.41, 5.74) is 4.46. The van der Waals surface area contributed by atoms with Crippen molar-refractivity contribution >= 4 is 52.1 Å². The van der Waals surface area contributed by atoms with Crippen molar-refractivity contribution in [2.45, 2.75) is 6.92 Å². The first-order valence-corrected chi connectivity index (χ1v) is 7.88. The van der Waals surface area contributed by atoms with Gasteiger partial charge in [0, 0.05) is 11.3 Å². The summed E-state index contributed by atoms with van der Waals surface area (Å²) >= 11 is 18.0. The first kappa shape index (κ1) is 17.6. The van der Waals surface area contributed by atoms with Crippen LogP contribution < -0.4 is 10.7 Å². The van der Waals surface area contributed by atoms with Crippen LogP contribution >= 0.6 is 34.8 Å². The van der Waals surface area contributed by atoms with Crippen molar-refractivity contribution in [2.75, 3.05) is 11.9 Å². The number of rotatable bonds is 5. The van der Waals surface area contributed by atoms with Crippen molar-refractivity contribution in [1.29, 1.82) is 0 Å². The molecule has 0 radical (unpaired) electrons. The molecule has 2 aromatic rings. The van der Waals surface area contributed by atoms with Crippen LogP contribution in [0.1, 0.15) is 12.5 Å². The van der Waals surface area contributed by atoms with Crippen LogP contribution in [0.25, 0.3) is 0 Å². The van der Waals surface area contributed by atoms with Crippen LogP contribution in [-0.4, -0.2) is 18.2 Å². The molecule has 7 heteroatoms. The predicted molar refractivity (Wildman–Crippen MR) is 96.8 cm³/mol. The van der Waals surface area contributed by atoms with Crippen molar-refractivity contribution in [1.82, 2.24) is 5.43 Å². The SMILES string of the molecule is C/C(=N/NC(=O)CNc1ccccc1)c1ccc(Cl)c(Cl)c1Cl. The molecule has 0 atom stereocenters. The fraction of sp³-hybridized carbons (Fsp3) is 0.125. The van der Waals surface area contributed by atoms with Crippen LogP contribution in [0, 0.1) is 0 Å². The van der Waals surface area contributed by atoms with Gasteiger partial charge in [-0.2, -0.15) is 5.10 Å². The molecule has 0 bridgehead atoms. The van der Waals surface area contributed by atoms with Gasteiger partial charge in [-0.1, -0.05) is 59.1 Å². The fourth-order valence-corrected chi connectivity index (χ4v) is 2.46. The highest BCUT2D eigenvalue weighted by atomic mass is 35.5. The van der Waals surface area contributed by atoms with Gasteiger partial charge < -0.3 is 5.32 Å². The van der Waals surface area contributed by atoms with E-state index in [0.717, 1.165) is 5.69 Å². The van der Waals surface area contributed by atoms with Gasteiger partial charge in [0.2, 0.25) is 0 Å². The Morgan fingerprint density at radius 3 is 2.43 bits per heavy atom. The third-order valence-corrected chi connectivity index (χ3v) is 4.29. The standard InChI is InChI=1S/C16H14Cl3N3O/c1-10(12-7-8-13(17)16(19)15(12)18)21-22-14(23)9-20-11-5-3-2-4-6-11/h2-8,20H,9H2,1H3,(H,22,23)/b21-10-. The molecule has 4 nitrogen and oxygen atoms in total. The minimum atomic E-state index is -0.274. The summed E-state index contributed by atoms with van der Waals surface area (Å²) in [5.74, 6) is -0.274. The average Bonchev–Trinajstić information content (AvgIpc) is 2.57. The number of carbonyl (C=O) groups excluding carboxylic acids is 1. The Bertz CT molecular complexity index is 733. The van der Waals surface area contributed by atoms with Crippen molar-refractivity contribution in [3.63, 3.8) is 0 Å². The topological polar surface area (TPSA) is 53.5 Å². The van der Waals surface area contributed by atoms with Crippen LogP contribution in [0.2, 0.25) is 15.1 Å². The number of para-hydroxylation sites is 1. The lowest BCUT2D eigenvalue weighted by Gasteiger charge is -2.08. The number of halogens is 3. The number of nitrogens with zero attached hydrogens (tertiary/aromatic N) is 1. The molecule has 0 aliphatic carbocycles. The van der Waals surface area contributed by atoms with E-state index in [0.29, 0.717) is 21.3 Å². The fourth-order valence-electron chi connectivity index (χ4n) is 1.79. The Labute approximate surface area is 149 Å². The van der Waals surface area contributed by atoms with Gasteiger partial charge in [0.05, 0.1) is 27.3 Å². The lowest BCUT2D eigenvalue weighted by molar-refractivity contribution is -0.119. The average molecular weight is 371 g/mol. The summed E-state index contributed by atoms with van der Waals surface area (Å²) < 4.78 is 0. The lowest BCUT2D eigenvalue weighted by Crippen LogP contribution is -2.26. The zero-order valence-electron chi connectivity index (χ0n) is 12.2.